The van der Waals surface area contributed by atoms with E-state index < -0.39 is 0 Å². The molecule has 0 unspecified atom stereocenters. The molecule has 0 spiro atoms. The Balaban J connectivity index is 1.60. The standard InChI is InChI=1S/C44H58N4O6/c1-9-47-15-11-13-27(47)19-45-21-31-37-29(33(23(3)4)43(53)39(31)49)17-25(7)35(41(37)51)36-26(8)18-30-34(24(5)6)44(54)40(50)32(38(30)42(36)52)22-46-20-28-14-12-16-48(28)10-2/h17-18,21-24,27-28,49-54H,9-16,19-20H2,1-8H3/t27-,28+. The normalized spacial score (nSPS) is 18.7. The number of nitrogens with zero attached hydrogens (tertiary/aromatic N) is 4. The quantitative estimate of drug-likeness (QED) is 0.0662. The molecule has 290 valence electrons. The molecular formula is C44H58N4O6. The van der Waals surface area contributed by atoms with Gasteiger partial charge in [0.25, 0.3) is 0 Å². The maximum absolute atomic E-state index is 12.4. The number of aromatic hydroxyl groups is 6. The third kappa shape index (κ3) is 6.72. The summed E-state index contributed by atoms with van der Waals surface area (Å²) in [5.41, 5.74) is 3.40. The van der Waals surface area contributed by atoms with Crippen LogP contribution in [0.2, 0.25) is 0 Å². The summed E-state index contributed by atoms with van der Waals surface area (Å²) in [7, 11) is 0. The molecule has 0 radical (unpaired) electrons. The Bertz CT molecular complexity index is 1990. The van der Waals surface area contributed by atoms with Gasteiger partial charge >= 0.3 is 0 Å². The number of benzene rings is 4. The van der Waals surface area contributed by atoms with E-state index in [1.807, 2.05) is 53.7 Å². The summed E-state index contributed by atoms with van der Waals surface area (Å²) >= 11 is 0. The van der Waals surface area contributed by atoms with E-state index in [-0.39, 0.29) is 69.5 Å². The minimum atomic E-state index is -0.359. The Morgan fingerprint density at radius 2 is 0.981 bits per heavy atom. The van der Waals surface area contributed by atoms with E-state index >= 15 is 0 Å². The zero-order chi connectivity index (χ0) is 39.2. The number of likely N-dealkylation sites (tertiary alicyclic amines) is 2. The molecule has 10 heteroatoms. The molecule has 0 amide bonds. The molecule has 6 N–H and O–H groups in total. The van der Waals surface area contributed by atoms with Gasteiger partial charge in [-0.25, -0.2) is 0 Å². The van der Waals surface area contributed by atoms with Crippen LogP contribution in [0, 0.1) is 13.8 Å². The number of likely N-dealkylation sites (N-methyl/N-ethyl adjacent to an activating group) is 2. The second-order valence-electron chi connectivity index (χ2n) is 15.9. The van der Waals surface area contributed by atoms with Gasteiger partial charge in [-0.15, -0.1) is 0 Å². The maximum atomic E-state index is 12.4. The first-order valence-corrected chi connectivity index (χ1v) is 19.7. The third-order valence-corrected chi connectivity index (χ3v) is 11.9. The summed E-state index contributed by atoms with van der Waals surface area (Å²) in [6.45, 7) is 20.6. The van der Waals surface area contributed by atoms with Crippen LogP contribution >= 0.6 is 0 Å². The monoisotopic (exact) mass is 738 g/mol. The van der Waals surface area contributed by atoms with Crippen molar-refractivity contribution in [3.63, 3.8) is 0 Å². The van der Waals surface area contributed by atoms with Crippen molar-refractivity contribution in [3.8, 4) is 45.6 Å². The number of aliphatic imine (C=N–C) groups is 2. The summed E-state index contributed by atoms with van der Waals surface area (Å²) in [5, 5.41) is 72.3. The Morgan fingerprint density at radius 3 is 1.31 bits per heavy atom. The van der Waals surface area contributed by atoms with Crippen LogP contribution in [-0.2, 0) is 0 Å². The van der Waals surface area contributed by atoms with E-state index in [4.69, 9.17) is 9.98 Å². The maximum Gasteiger partial charge on any atom is 0.167 e. The first kappa shape index (κ1) is 39.2. The molecule has 6 rings (SSSR count). The molecule has 2 atom stereocenters. The zero-order valence-corrected chi connectivity index (χ0v) is 33.2. The predicted octanol–water partition coefficient (Wildman–Crippen LogP) is 8.56. The highest BCUT2D eigenvalue weighted by Crippen LogP contribution is 2.54. The highest BCUT2D eigenvalue weighted by atomic mass is 16.3. The van der Waals surface area contributed by atoms with Crippen molar-refractivity contribution in [1.82, 2.24) is 9.80 Å². The lowest BCUT2D eigenvalue weighted by molar-refractivity contribution is 0.273. The van der Waals surface area contributed by atoms with Crippen LogP contribution < -0.4 is 0 Å². The van der Waals surface area contributed by atoms with Gasteiger partial charge in [-0.1, -0.05) is 53.7 Å². The first-order valence-electron chi connectivity index (χ1n) is 19.7. The molecule has 2 aliphatic rings. The van der Waals surface area contributed by atoms with Crippen LogP contribution in [0.15, 0.2) is 22.1 Å². The number of hydrogen-bond donors (Lipinski definition) is 6. The topological polar surface area (TPSA) is 153 Å². The molecule has 10 nitrogen and oxygen atoms in total. The minimum absolute atomic E-state index is 0.166. The fraction of sp³-hybridized carbons (Fsp3) is 0.500. The average molecular weight is 739 g/mol. The largest absolute Gasteiger partial charge is 0.507 e. The SMILES string of the molecule is CCN1CCC[C@@H]1CN=Cc1c(O)c(O)c(C(C)C)c2cc(C)c(-c3c(C)cc4c(C(C)C)c(O)c(O)c(C=NC[C@@H]5CCCN5CC)c4c3O)c(O)c12. The van der Waals surface area contributed by atoms with Gasteiger partial charge < -0.3 is 30.6 Å². The molecule has 2 fully saturated rings. The van der Waals surface area contributed by atoms with Gasteiger partial charge in [-0.2, -0.15) is 0 Å². The minimum Gasteiger partial charge on any atom is -0.507 e. The van der Waals surface area contributed by atoms with Crippen molar-refractivity contribution < 1.29 is 30.6 Å². The molecular weight excluding hydrogens is 681 g/mol. The second-order valence-corrected chi connectivity index (χ2v) is 15.9. The number of phenolic OH excluding ortho intramolecular Hbond substituents is 6. The number of phenols is 6. The lowest BCUT2D eigenvalue weighted by atomic mass is 9.83. The lowest BCUT2D eigenvalue weighted by Gasteiger charge is -2.24. The summed E-state index contributed by atoms with van der Waals surface area (Å²) in [6, 6.07) is 4.32. The van der Waals surface area contributed by atoms with E-state index in [1.54, 1.807) is 12.4 Å². The molecule has 0 bridgehead atoms. The second kappa shape index (κ2) is 15.7. The molecule has 54 heavy (non-hydrogen) atoms. The number of aryl methyl sites for hydroxylation is 2. The summed E-state index contributed by atoms with van der Waals surface area (Å²) < 4.78 is 0. The van der Waals surface area contributed by atoms with Crippen LogP contribution in [0.3, 0.4) is 0 Å². The molecule has 0 aliphatic carbocycles. The molecule has 4 aromatic rings. The van der Waals surface area contributed by atoms with Crippen molar-refractivity contribution in [2.45, 2.75) is 105 Å². The van der Waals surface area contributed by atoms with Crippen molar-refractivity contribution in [3.05, 3.63) is 45.5 Å². The van der Waals surface area contributed by atoms with E-state index in [0.717, 1.165) is 51.9 Å². The zero-order valence-electron chi connectivity index (χ0n) is 33.2. The predicted molar refractivity (Wildman–Crippen MR) is 220 cm³/mol. The van der Waals surface area contributed by atoms with Crippen molar-refractivity contribution in [2.75, 3.05) is 39.3 Å². The van der Waals surface area contributed by atoms with E-state index in [1.165, 1.54) is 0 Å². The smallest absolute Gasteiger partial charge is 0.167 e. The highest BCUT2D eigenvalue weighted by Gasteiger charge is 2.30. The van der Waals surface area contributed by atoms with Crippen LogP contribution in [-0.4, -0.2) is 104 Å². The highest BCUT2D eigenvalue weighted by molar-refractivity contribution is 6.15. The summed E-state index contributed by atoms with van der Waals surface area (Å²) in [4.78, 5) is 14.3. The van der Waals surface area contributed by atoms with Gasteiger partial charge in [0.05, 0.1) is 13.1 Å². The van der Waals surface area contributed by atoms with Gasteiger partial charge in [0.1, 0.15) is 11.5 Å². The summed E-state index contributed by atoms with van der Waals surface area (Å²) in [6.07, 6.45) is 7.36. The summed E-state index contributed by atoms with van der Waals surface area (Å²) in [5.74, 6) is -1.92. The van der Waals surface area contributed by atoms with Crippen LogP contribution in [0.1, 0.15) is 112 Å². The fourth-order valence-electron chi connectivity index (χ4n) is 9.19. The fourth-order valence-corrected chi connectivity index (χ4v) is 9.19. The van der Waals surface area contributed by atoms with Crippen LogP contribution in [0.4, 0.5) is 0 Å². The van der Waals surface area contributed by atoms with Crippen molar-refractivity contribution in [2.24, 2.45) is 9.98 Å². The van der Waals surface area contributed by atoms with Crippen LogP contribution in [0.25, 0.3) is 32.7 Å². The molecule has 0 saturated carbocycles. The Labute approximate surface area is 319 Å². The van der Waals surface area contributed by atoms with Gasteiger partial charge in [-0.3, -0.25) is 19.8 Å². The number of rotatable bonds is 11. The van der Waals surface area contributed by atoms with E-state index in [0.29, 0.717) is 68.0 Å². The van der Waals surface area contributed by atoms with Gasteiger partial charge in [-0.05, 0) is 99.4 Å². The van der Waals surface area contributed by atoms with Crippen molar-refractivity contribution >= 4 is 34.0 Å². The molecule has 2 saturated heterocycles. The molecule has 0 aromatic heterocycles. The van der Waals surface area contributed by atoms with E-state index in [2.05, 4.69) is 23.6 Å². The first-order chi connectivity index (χ1) is 25.7. The third-order valence-electron chi connectivity index (χ3n) is 11.9. The van der Waals surface area contributed by atoms with E-state index in [9.17, 15) is 30.6 Å². The molecule has 2 heterocycles. The van der Waals surface area contributed by atoms with Gasteiger partial charge in [0, 0.05) is 68.7 Å². The van der Waals surface area contributed by atoms with Gasteiger partial charge in [0.15, 0.2) is 23.0 Å². The number of hydrogen-bond acceptors (Lipinski definition) is 10. The number of fused-ring (bicyclic) bond motifs is 2. The van der Waals surface area contributed by atoms with Crippen molar-refractivity contribution in [1.29, 1.82) is 0 Å². The average Bonchev–Trinajstić information content (AvgIpc) is 3.78. The molecule has 4 aromatic carbocycles. The lowest BCUT2D eigenvalue weighted by Crippen LogP contribution is -2.31. The Kier molecular flexibility index (Phi) is 11.4. The van der Waals surface area contributed by atoms with Crippen LogP contribution in [0.5, 0.6) is 34.5 Å². The Morgan fingerprint density at radius 1 is 0.611 bits per heavy atom. The Hall–Kier alpha value is -4.54. The van der Waals surface area contributed by atoms with Gasteiger partial charge in [0.2, 0.25) is 0 Å². The molecule has 2 aliphatic heterocycles.